The number of carbonyl (C=O) groups excluding carboxylic acids is 2. The lowest BCUT2D eigenvalue weighted by molar-refractivity contribution is -0.141. The average Bonchev–Trinajstić information content (AvgIpc) is 3.40. The van der Waals surface area contributed by atoms with Crippen molar-refractivity contribution >= 4 is 17.5 Å². The van der Waals surface area contributed by atoms with E-state index in [0.29, 0.717) is 30.0 Å². The van der Waals surface area contributed by atoms with E-state index in [1.165, 1.54) is 18.4 Å². The maximum atomic E-state index is 14.3. The molecule has 8 heteroatoms. The predicted molar refractivity (Wildman–Crippen MR) is 145 cm³/mol. The quantitative estimate of drug-likeness (QED) is 0.324. The standard InChI is InChI=1S/C31H30FN3O4/c1-31(2,3)30(37)35-15-14-20-12-13-24(17-25(20)28(35)21-8-7-9-22(32)16-21)38-19-27-34-26(18-39-27)29(36)33-23-10-5-4-6-11-23/h4-13,16-18,28H,14-15,19H2,1-3H3,(H,33,36)/t28-/m0/s1. The highest BCUT2D eigenvalue weighted by molar-refractivity contribution is 6.02. The molecule has 1 aliphatic rings. The number of halogens is 1. The van der Waals surface area contributed by atoms with Gasteiger partial charge in [0.1, 0.15) is 17.8 Å². The first-order valence-electron chi connectivity index (χ1n) is 12.8. The predicted octanol–water partition coefficient (Wildman–Crippen LogP) is 6.17. The first-order chi connectivity index (χ1) is 18.7. The van der Waals surface area contributed by atoms with Gasteiger partial charge in [0.05, 0.1) is 6.04 Å². The van der Waals surface area contributed by atoms with Gasteiger partial charge in [0, 0.05) is 17.6 Å². The number of nitrogens with zero attached hydrogens (tertiary/aromatic N) is 2. The third kappa shape index (κ3) is 5.85. The summed E-state index contributed by atoms with van der Waals surface area (Å²) in [6, 6.07) is 20.7. The molecule has 1 aromatic heterocycles. The van der Waals surface area contributed by atoms with E-state index in [2.05, 4.69) is 10.3 Å². The molecule has 0 fully saturated rings. The highest BCUT2D eigenvalue weighted by atomic mass is 19.1. The van der Waals surface area contributed by atoms with Gasteiger partial charge in [-0.25, -0.2) is 9.37 Å². The van der Waals surface area contributed by atoms with Crippen molar-refractivity contribution in [2.75, 3.05) is 11.9 Å². The zero-order valence-corrected chi connectivity index (χ0v) is 22.1. The van der Waals surface area contributed by atoms with Crippen molar-refractivity contribution in [1.29, 1.82) is 0 Å². The molecular formula is C31H30FN3O4. The summed E-state index contributed by atoms with van der Waals surface area (Å²) < 4.78 is 25.7. The molecule has 1 atom stereocenters. The summed E-state index contributed by atoms with van der Waals surface area (Å²) in [5.41, 5.74) is 2.87. The van der Waals surface area contributed by atoms with E-state index in [-0.39, 0.29) is 35.8 Å². The number of benzene rings is 3. The molecule has 5 rings (SSSR count). The van der Waals surface area contributed by atoms with Crippen LogP contribution in [-0.2, 0) is 17.8 Å². The molecule has 3 aromatic carbocycles. The molecule has 1 aliphatic heterocycles. The third-order valence-electron chi connectivity index (χ3n) is 6.59. The van der Waals surface area contributed by atoms with Crippen LogP contribution in [0.25, 0.3) is 0 Å². The van der Waals surface area contributed by atoms with E-state index in [0.717, 1.165) is 11.1 Å². The summed E-state index contributed by atoms with van der Waals surface area (Å²) in [6.45, 7) is 6.20. The van der Waals surface area contributed by atoms with Crippen molar-refractivity contribution in [3.05, 3.63) is 113 Å². The Hall–Kier alpha value is -4.46. The zero-order chi connectivity index (χ0) is 27.6. The Kier molecular flexibility index (Phi) is 7.19. The second-order valence-electron chi connectivity index (χ2n) is 10.6. The summed E-state index contributed by atoms with van der Waals surface area (Å²) >= 11 is 0. The normalized spacial score (nSPS) is 15.0. The molecule has 39 heavy (non-hydrogen) atoms. The number of hydrogen-bond donors (Lipinski definition) is 1. The van der Waals surface area contributed by atoms with E-state index >= 15 is 0 Å². The average molecular weight is 528 g/mol. The molecule has 0 bridgehead atoms. The van der Waals surface area contributed by atoms with Gasteiger partial charge in [-0.2, -0.15) is 0 Å². The van der Waals surface area contributed by atoms with Crippen molar-refractivity contribution in [3.63, 3.8) is 0 Å². The van der Waals surface area contributed by atoms with Crippen molar-refractivity contribution in [1.82, 2.24) is 9.88 Å². The number of hydrogen-bond acceptors (Lipinski definition) is 5. The van der Waals surface area contributed by atoms with E-state index in [1.54, 1.807) is 18.2 Å². The Morgan fingerprint density at radius 1 is 1.08 bits per heavy atom. The molecule has 0 saturated heterocycles. The van der Waals surface area contributed by atoms with Crippen LogP contribution in [0, 0.1) is 11.2 Å². The largest absolute Gasteiger partial charge is 0.484 e. The van der Waals surface area contributed by atoms with E-state index in [1.807, 2.05) is 68.1 Å². The van der Waals surface area contributed by atoms with Crippen LogP contribution in [0.5, 0.6) is 5.75 Å². The molecule has 0 unspecified atom stereocenters. The lowest BCUT2D eigenvalue weighted by Gasteiger charge is -2.41. The number of amides is 2. The Morgan fingerprint density at radius 3 is 2.62 bits per heavy atom. The highest BCUT2D eigenvalue weighted by Crippen LogP contribution is 2.39. The van der Waals surface area contributed by atoms with Gasteiger partial charge in [0.15, 0.2) is 12.3 Å². The second-order valence-corrected chi connectivity index (χ2v) is 10.6. The van der Waals surface area contributed by atoms with E-state index < -0.39 is 11.5 Å². The molecule has 1 N–H and O–H groups in total. The molecule has 2 amide bonds. The summed E-state index contributed by atoms with van der Waals surface area (Å²) in [5.74, 6) is 0.0541. The smallest absolute Gasteiger partial charge is 0.277 e. The van der Waals surface area contributed by atoms with Gasteiger partial charge in [0.2, 0.25) is 11.8 Å². The first kappa shape index (κ1) is 26.2. The van der Waals surface area contributed by atoms with Crippen LogP contribution >= 0.6 is 0 Å². The van der Waals surface area contributed by atoms with Crippen molar-refractivity contribution in [3.8, 4) is 5.75 Å². The molecule has 0 radical (unpaired) electrons. The molecule has 7 nitrogen and oxygen atoms in total. The van der Waals surface area contributed by atoms with Crippen LogP contribution in [0.15, 0.2) is 83.5 Å². The second kappa shape index (κ2) is 10.7. The van der Waals surface area contributed by atoms with Crippen LogP contribution in [0.4, 0.5) is 10.1 Å². The Balaban J connectivity index is 1.36. The fraction of sp³-hybridized carbons (Fsp3) is 0.258. The molecule has 4 aromatic rings. The van der Waals surface area contributed by atoms with Crippen molar-refractivity contribution in [2.24, 2.45) is 5.41 Å². The number of ether oxygens (including phenoxy) is 1. The number of para-hydroxylation sites is 1. The van der Waals surface area contributed by atoms with Crippen molar-refractivity contribution < 1.29 is 23.1 Å². The topological polar surface area (TPSA) is 84.7 Å². The third-order valence-corrected chi connectivity index (χ3v) is 6.59. The Labute approximate surface area is 226 Å². The maximum absolute atomic E-state index is 14.3. The summed E-state index contributed by atoms with van der Waals surface area (Å²) in [5, 5.41) is 2.77. The Bertz CT molecular complexity index is 1490. The minimum absolute atomic E-state index is 0.00479. The maximum Gasteiger partial charge on any atom is 0.277 e. The van der Waals surface area contributed by atoms with Crippen LogP contribution in [0.1, 0.15) is 59.9 Å². The lowest BCUT2D eigenvalue weighted by atomic mass is 9.85. The van der Waals surface area contributed by atoms with Crippen LogP contribution in [0.2, 0.25) is 0 Å². The van der Waals surface area contributed by atoms with Crippen LogP contribution in [0.3, 0.4) is 0 Å². The lowest BCUT2D eigenvalue weighted by Crippen LogP contribution is -2.45. The summed E-state index contributed by atoms with van der Waals surface area (Å²) in [6.07, 6.45) is 1.97. The number of aromatic nitrogens is 1. The summed E-state index contributed by atoms with van der Waals surface area (Å²) in [7, 11) is 0. The van der Waals surface area contributed by atoms with E-state index in [9.17, 15) is 14.0 Å². The van der Waals surface area contributed by atoms with Gasteiger partial charge in [-0.1, -0.05) is 57.2 Å². The summed E-state index contributed by atoms with van der Waals surface area (Å²) in [4.78, 5) is 32.0. The minimum atomic E-state index is -0.591. The van der Waals surface area contributed by atoms with Crippen LogP contribution in [-0.4, -0.2) is 28.2 Å². The fourth-order valence-corrected chi connectivity index (χ4v) is 4.71. The van der Waals surface area contributed by atoms with Gasteiger partial charge in [-0.15, -0.1) is 0 Å². The number of anilines is 1. The molecule has 0 saturated carbocycles. The highest BCUT2D eigenvalue weighted by Gasteiger charge is 2.37. The Morgan fingerprint density at radius 2 is 1.87 bits per heavy atom. The molecular weight excluding hydrogens is 497 g/mol. The van der Waals surface area contributed by atoms with Gasteiger partial charge in [0.25, 0.3) is 5.91 Å². The van der Waals surface area contributed by atoms with E-state index in [4.69, 9.17) is 9.15 Å². The number of oxazole rings is 1. The zero-order valence-electron chi connectivity index (χ0n) is 22.1. The number of fused-ring (bicyclic) bond motifs is 1. The number of nitrogens with one attached hydrogen (secondary N) is 1. The molecule has 0 spiro atoms. The molecule has 200 valence electrons. The fourth-order valence-electron chi connectivity index (χ4n) is 4.71. The van der Waals surface area contributed by atoms with Gasteiger partial charge >= 0.3 is 0 Å². The number of carbonyl (C=O) groups is 2. The van der Waals surface area contributed by atoms with Gasteiger partial charge in [-0.3, -0.25) is 9.59 Å². The van der Waals surface area contributed by atoms with Gasteiger partial charge < -0.3 is 19.4 Å². The monoisotopic (exact) mass is 527 g/mol. The SMILES string of the molecule is CC(C)(C)C(=O)N1CCc2ccc(OCc3nc(C(=O)Nc4ccccc4)co3)cc2[C@@H]1c1cccc(F)c1. The van der Waals surface area contributed by atoms with Crippen molar-refractivity contribution in [2.45, 2.75) is 39.8 Å². The minimum Gasteiger partial charge on any atom is -0.484 e. The first-order valence-corrected chi connectivity index (χ1v) is 12.8. The van der Waals surface area contributed by atoms with Gasteiger partial charge in [-0.05, 0) is 59.5 Å². The van der Waals surface area contributed by atoms with Crippen LogP contribution < -0.4 is 10.1 Å². The molecule has 0 aliphatic carbocycles. The number of rotatable bonds is 6. The molecule has 2 heterocycles.